The van der Waals surface area contributed by atoms with E-state index in [0.29, 0.717) is 72.6 Å². The second kappa shape index (κ2) is 11.7. The van der Waals surface area contributed by atoms with E-state index in [1.165, 1.54) is 13.0 Å². The maximum absolute atomic E-state index is 13.0. The van der Waals surface area contributed by atoms with Gasteiger partial charge in [0, 0.05) is 31.9 Å². The maximum Gasteiger partial charge on any atom is 0.290 e. The van der Waals surface area contributed by atoms with Gasteiger partial charge in [-0.25, -0.2) is 9.98 Å². The van der Waals surface area contributed by atoms with Gasteiger partial charge < -0.3 is 20.4 Å². The fourth-order valence-electron chi connectivity index (χ4n) is 4.11. The zero-order valence-corrected chi connectivity index (χ0v) is 22.7. The second-order valence-corrected chi connectivity index (χ2v) is 10.5. The van der Waals surface area contributed by atoms with Crippen molar-refractivity contribution in [2.75, 3.05) is 19.8 Å². The van der Waals surface area contributed by atoms with Crippen LogP contribution in [0.2, 0.25) is 0 Å². The van der Waals surface area contributed by atoms with E-state index in [1.807, 2.05) is 31.7 Å². The zero-order valence-electron chi connectivity index (χ0n) is 21.9. The third kappa shape index (κ3) is 6.20. The normalized spacial score (nSPS) is 16.0. The summed E-state index contributed by atoms with van der Waals surface area (Å²) >= 11 is 1.00. The summed E-state index contributed by atoms with van der Waals surface area (Å²) in [6, 6.07) is 3.07. The molecular weight excluding hydrogens is 506 g/mol. The molecule has 200 valence electrons. The average molecular weight is 538 g/mol. The minimum absolute atomic E-state index is 0.144. The van der Waals surface area contributed by atoms with E-state index in [4.69, 9.17) is 10.5 Å². The zero-order chi connectivity index (χ0) is 27.4. The fraction of sp³-hybridized carbons (Fsp3) is 0.423. The highest BCUT2D eigenvalue weighted by Gasteiger charge is 2.32. The summed E-state index contributed by atoms with van der Waals surface area (Å²) < 4.78 is 5.50. The molecule has 0 unspecified atom stereocenters. The monoisotopic (exact) mass is 537 g/mol. The summed E-state index contributed by atoms with van der Waals surface area (Å²) in [5.41, 5.74) is 8.67. The van der Waals surface area contributed by atoms with Gasteiger partial charge in [-0.2, -0.15) is 9.98 Å². The van der Waals surface area contributed by atoms with E-state index >= 15 is 0 Å². The van der Waals surface area contributed by atoms with Gasteiger partial charge >= 0.3 is 0 Å². The van der Waals surface area contributed by atoms with Gasteiger partial charge in [0.1, 0.15) is 11.5 Å². The third-order valence-electron chi connectivity index (χ3n) is 5.75. The molecule has 1 aliphatic heterocycles. The predicted octanol–water partition coefficient (Wildman–Crippen LogP) is 2.82. The number of aliphatic imine (C=N–C) groups is 3. The first-order chi connectivity index (χ1) is 18.2. The number of hydrogen-bond donors (Lipinski definition) is 2. The summed E-state index contributed by atoms with van der Waals surface area (Å²) in [5.74, 6) is -0.334. The quantitative estimate of drug-likeness (QED) is 0.283. The highest BCUT2D eigenvalue weighted by atomic mass is 32.1. The van der Waals surface area contributed by atoms with Gasteiger partial charge in [-0.15, -0.1) is 11.3 Å². The molecule has 0 saturated heterocycles. The molecule has 2 aromatic heterocycles. The van der Waals surface area contributed by atoms with Crippen LogP contribution in [0.15, 0.2) is 37.6 Å². The number of amidine groups is 1. The smallest absolute Gasteiger partial charge is 0.290 e. The lowest BCUT2D eigenvalue weighted by Crippen LogP contribution is -2.31. The standard InChI is InChI=1S/C26H31N7O4S/c1-5-37-10-6-9-33-20-13-17-16(30-23(34)19(29-17)11-14(2)3)12-18(20)31-26(33)32-25(36)22-8-7-21(38-22)24(35)28-15(4)27/h7-8,13-14H,5-6,9-12H2,1-4H3,(H,30,34)(H2,27,28,35). The van der Waals surface area contributed by atoms with Crippen LogP contribution in [0.3, 0.4) is 0 Å². The van der Waals surface area contributed by atoms with E-state index in [9.17, 15) is 14.4 Å². The highest BCUT2D eigenvalue weighted by Crippen LogP contribution is 2.28. The lowest BCUT2D eigenvalue weighted by atomic mass is 10.0. The number of fused-ring (bicyclic) bond motifs is 2. The van der Waals surface area contributed by atoms with Gasteiger partial charge in [0.25, 0.3) is 17.4 Å². The van der Waals surface area contributed by atoms with E-state index in [0.717, 1.165) is 17.0 Å². The van der Waals surface area contributed by atoms with Crippen molar-refractivity contribution in [3.63, 3.8) is 0 Å². The minimum atomic E-state index is -0.515. The van der Waals surface area contributed by atoms with Crippen molar-refractivity contribution in [1.82, 2.24) is 14.9 Å². The number of hydrogen-bond acceptors (Lipinski definition) is 6. The predicted molar refractivity (Wildman–Crippen MR) is 148 cm³/mol. The van der Waals surface area contributed by atoms with Crippen LogP contribution in [-0.2, 0) is 17.6 Å². The van der Waals surface area contributed by atoms with E-state index in [2.05, 4.69) is 24.9 Å². The molecule has 11 nitrogen and oxygen atoms in total. The number of ether oxygens (including phenoxy) is 1. The molecule has 0 aromatic carbocycles. The number of carbonyl (C=O) groups excluding carboxylic acids is 2. The topological polar surface area (TPSA) is 155 Å². The molecule has 2 aromatic rings. The van der Waals surface area contributed by atoms with Crippen LogP contribution >= 0.6 is 11.3 Å². The molecule has 2 aliphatic rings. The van der Waals surface area contributed by atoms with Gasteiger partial charge in [-0.05, 0) is 50.8 Å². The Balaban J connectivity index is 1.65. The van der Waals surface area contributed by atoms with Crippen LogP contribution in [-0.4, -0.2) is 63.9 Å². The van der Waals surface area contributed by atoms with Crippen molar-refractivity contribution in [1.29, 1.82) is 0 Å². The van der Waals surface area contributed by atoms with Crippen molar-refractivity contribution < 1.29 is 14.3 Å². The Morgan fingerprint density at radius 2 is 2.00 bits per heavy atom. The number of nitrogens with zero attached hydrogens (tertiary/aromatic N) is 5. The van der Waals surface area contributed by atoms with Gasteiger partial charge in [0.05, 0.1) is 26.9 Å². The Morgan fingerprint density at radius 3 is 2.68 bits per heavy atom. The first kappa shape index (κ1) is 27.3. The first-order valence-corrected chi connectivity index (χ1v) is 13.3. The second-order valence-electron chi connectivity index (χ2n) is 9.38. The number of nitrogens with two attached hydrogens (primary N) is 1. The minimum Gasteiger partial charge on any atom is -0.387 e. The van der Waals surface area contributed by atoms with Crippen molar-refractivity contribution in [2.24, 2.45) is 26.6 Å². The summed E-state index contributed by atoms with van der Waals surface area (Å²) in [4.78, 5) is 60.5. The summed E-state index contributed by atoms with van der Waals surface area (Å²) in [7, 11) is 0. The summed E-state index contributed by atoms with van der Waals surface area (Å²) in [5, 5.41) is 0. The molecule has 0 saturated carbocycles. The number of allylic oxidation sites excluding steroid dienone is 1. The molecular formula is C26H31N7O4S. The lowest BCUT2D eigenvalue weighted by Gasteiger charge is -2.23. The van der Waals surface area contributed by atoms with Crippen LogP contribution < -0.4 is 11.3 Å². The number of aromatic amines is 1. The number of thiophene rings is 1. The van der Waals surface area contributed by atoms with Crippen LogP contribution in [0.5, 0.6) is 0 Å². The van der Waals surface area contributed by atoms with Crippen molar-refractivity contribution in [3.05, 3.63) is 55.0 Å². The number of carbonyl (C=O) groups is 2. The lowest BCUT2D eigenvalue weighted by molar-refractivity contribution is 0.0998. The number of guanidine groups is 1. The molecule has 12 heteroatoms. The van der Waals surface area contributed by atoms with Gasteiger partial charge in [0.2, 0.25) is 5.96 Å². The van der Waals surface area contributed by atoms with Crippen LogP contribution in [0, 0.1) is 5.92 Å². The Hall–Kier alpha value is -3.77. The van der Waals surface area contributed by atoms with E-state index in [-0.39, 0.29) is 22.2 Å². The SMILES string of the molecule is CCOCCCN1C2=Cc3nc(CC(C)C)c(=O)[nH]c3CC2=NC1=NC(=O)c1ccc(C(=O)N=C(C)N)s1. The molecule has 0 bridgehead atoms. The van der Waals surface area contributed by atoms with Crippen molar-refractivity contribution in [2.45, 2.75) is 47.0 Å². The average Bonchev–Trinajstić information content (AvgIpc) is 3.46. The number of aromatic nitrogens is 2. The first-order valence-electron chi connectivity index (χ1n) is 12.5. The van der Waals surface area contributed by atoms with Crippen LogP contribution in [0.25, 0.3) is 6.08 Å². The summed E-state index contributed by atoms with van der Waals surface area (Å²) in [6.45, 7) is 9.23. The van der Waals surface area contributed by atoms with Crippen LogP contribution in [0.4, 0.5) is 0 Å². The Labute approximate surface area is 224 Å². The molecule has 3 N–H and O–H groups in total. The summed E-state index contributed by atoms with van der Waals surface area (Å²) in [6.07, 6.45) is 3.53. The third-order valence-corrected chi connectivity index (χ3v) is 6.82. The number of H-pyrrole nitrogens is 1. The van der Waals surface area contributed by atoms with Gasteiger partial charge in [0.15, 0.2) is 0 Å². The van der Waals surface area contributed by atoms with Gasteiger partial charge in [-0.1, -0.05) is 13.8 Å². The van der Waals surface area contributed by atoms with Gasteiger partial charge in [-0.3, -0.25) is 14.4 Å². The molecule has 38 heavy (non-hydrogen) atoms. The Morgan fingerprint density at radius 1 is 1.26 bits per heavy atom. The molecule has 0 spiro atoms. The molecule has 3 heterocycles. The van der Waals surface area contributed by atoms with E-state index in [1.54, 1.807) is 6.07 Å². The van der Waals surface area contributed by atoms with Crippen molar-refractivity contribution >= 4 is 46.7 Å². The molecule has 4 rings (SSSR count). The molecule has 0 radical (unpaired) electrons. The molecule has 0 atom stereocenters. The van der Waals surface area contributed by atoms with E-state index < -0.39 is 11.8 Å². The number of amides is 2. The number of rotatable bonds is 9. The molecule has 1 aliphatic carbocycles. The van der Waals surface area contributed by atoms with Crippen molar-refractivity contribution in [3.8, 4) is 0 Å². The number of nitrogens with one attached hydrogen (secondary N) is 1. The maximum atomic E-state index is 13.0. The molecule has 2 amide bonds. The van der Waals surface area contributed by atoms with Crippen LogP contribution in [0.1, 0.15) is 70.5 Å². The fourth-order valence-corrected chi connectivity index (χ4v) is 4.89. The Kier molecular flexibility index (Phi) is 8.42. The molecule has 0 fully saturated rings. The highest BCUT2D eigenvalue weighted by molar-refractivity contribution is 7.16. The largest absolute Gasteiger partial charge is 0.387 e. The Bertz CT molecular complexity index is 1430.